The maximum Gasteiger partial charge on any atom is 0.409 e. The molecular weight excluding hydrogens is 318 g/mol. The van der Waals surface area contributed by atoms with Gasteiger partial charge in [-0.2, -0.15) is 0 Å². The molecule has 0 aliphatic carbocycles. The van der Waals surface area contributed by atoms with Crippen molar-refractivity contribution in [3.63, 3.8) is 0 Å². The van der Waals surface area contributed by atoms with E-state index in [1.54, 1.807) is 21.8 Å². The number of halogens is 1. The van der Waals surface area contributed by atoms with Gasteiger partial charge in [0.05, 0.1) is 12.8 Å². The molecule has 2 aromatic rings. The number of hydrogen-bond donors (Lipinski definition) is 0. The molecule has 0 aromatic carbocycles. The van der Waals surface area contributed by atoms with Crippen LogP contribution in [0, 0.1) is 6.92 Å². The minimum absolute atomic E-state index is 0.317. The molecule has 7 nitrogen and oxygen atoms in total. The van der Waals surface area contributed by atoms with Crippen molar-refractivity contribution in [1.29, 1.82) is 0 Å². The third-order valence-corrected chi connectivity index (χ3v) is 4.10. The molecule has 0 atom stereocenters. The van der Waals surface area contributed by atoms with Crippen LogP contribution >= 0.6 is 11.6 Å². The molecule has 0 bridgehead atoms. The van der Waals surface area contributed by atoms with Gasteiger partial charge in [-0.25, -0.2) is 14.5 Å². The minimum Gasteiger partial charge on any atom is -0.453 e. The third kappa shape index (κ3) is 2.92. The predicted molar refractivity (Wildman–Crippen MR) is 85.5 cm³/mol. The highest BCUT2D eigenvalue weighted by atomic mass is 35.5. The molecule has 2 aromatic heterocycles. The van der Waals surface area contributed by atoms with E-state index in [1.165, 1.54) is 7.11 Å². The van der Waals surface area contributed by atoms with Crippen LogP contribution in [-0.2, 0) is 4.74 Å². The summed E-state index contributed by atoms with van der Waals surface area (Å²) in [6.45, 7) is 3.03. The Labute approximate surface area is 138 Å². The fourth-order valence-corrected chi connectivity index (χ4v) is 2.77. The number of aromatic nitrogens is 4. The van der Waals surface area contributed by atoms with Gasteiger partial charge in [0.15, 0.2) is 5.15 Å². The van der Waals surface area contributed by atoms with Crippen molar-refractivity contribution in [2.45, 2.75) is 13.3 Å². The van der Waals surface area contributed by atoms with E-state index in [2.05, 4.69) is 15.3 Å². The van der Waals surface area contributed by atoms with Crippen molar-refractivity contribution in [2.75, 3.05) is 20.2 Å². The maximum atomic E-state index is 11.5. The van der Waals surface area contributed by atoms with Crippen LogP contribution in [0.25, 0.3) is 11.3 Å². The van der Waals surface area contributed by atoms with Gasteiger partial charge in [0.2, 0.25) is 0 Å². The summed E-state index contributed by atoms with van der Waals surface area (Å²) in [5.74, 6) is 0. The molecule has 3 heterocycles. The van der Waals surface area contributed by atoms with Crippen LogP contribution in [0.15, 0.2) is 24.4 Å². The Bertz CT molecular complexity index is 771. The van der Waals surface area contributed by atoms with Crippen LogP contribution in [0.4, 0.5) is 4.79 Å². The SMILES string of the molecule is COC(=O)N1CC=C(c2nnn(-c3cccnc3Cl)c2C)CC1. The summed E-state index contributed by atoms with van der Waals surface area (Å²) in [5, 5.41) is 8.84. The first-order valence-corrected chi connectivity index (χ1v) is 7.55. The predicted octanol–water partition coefficient (Wildman–Crippen LogP) is 2.48. The van der Waals surface area contributed by atoms with Crippen LogP contribution < -0.4 is 0 Å². The average Bonchev–Trinajstić information content (AvgIpc) is 2.96. The molecule has 0 saturated heterocycles. The van der Waals surface area contributed by atoms with Gasteiger partial charge in [0.25, 0.3) is 0 Å². The lowest BCUT2D eigenvalue weighted by Gasteiger charge is -2.24. The van der Waals surface area contributed by atoms with E-state index in [-0.39, 0.29) is 6.09 Å². The molecule has 1 amide bonds. The highest BCUT2D eigenvalue weighted by molar-refractivity contribution is 6.31. The lowest BCUT2D eigenvalue weighted by atomic mass is 10.0. The van der Waals surface area contributed by atoms with Crippen LogP contribution in [0.3, 0.4) is 0 Å². The van der Waals surface area contributed by atoms with Crippen molar-refractivity contribution >= 4 is 23.3 Å². The van der Waals surface area contributed by atoms with Crippen LogP contribution in [0.5, 0.6) is 0 Å². The molecule has 8 heteroatoms. The van der Waals surface area contributed by atoms with Crippen molar-refractivity contribution in [3.8, 4) is 5.69 Å². The van der Waals surface area contributed by atoms with E-state index in [4.69, 9.17) is 16.3 Å². The molecule has 1 aliphatic rings. The second-order valence-corrected chi connectivity index (χ2v) is 5.50. The normalized spacial score (nSPS) is 14.6. The summed E-state index contributed by atoms with van der Waals surface area (Å²) in [5.41, 5.74) is 3.46. The standard InChI is InChI=1S/C15H16ClN5O2/c1-10-13(11-5-8-20(9-6-11)15(22)23-2)18-19-21(10)12-4-3-7-17-14(12)16/h3-5,7H,6,8-9H2,1-2H3. The first kappa shape index (κ1) is 15.5. The highest BCUT2D eigenvalue weighted by Gasteiger charge is 2.22. The Morgan fingerprint density at radius 3 is 2.91 bits per heavy atom. The van der Waals surface area contributed by atoms with Crippen LogP contribution in [0.2, 0.25) is 5.15 Å². The van der Waals surface area contributed by atoms with Gasteiger partial charge >= 0.3 is 6.09 Å². The Morgan fingerprint density at radius 2 is 2.26 bits per heavy atom. The van der Waals surface area contributed by atoms with E-state index < -0.39 is 0 Å². The lowest BCUT2D eigenvalue weighted by Crippen LogP contribution is -2.34. The van der Waals surface area contributed by atoms with Gasteiger partial charge in [-0.15, -0.1) is 5.10 Å². The van der Waals surface area contributed by atoms with Crippen molar-refractivity contribution in [3.05, 3.63) is 40.9 Å². The van der Waals surface area contributed by atoms with Gasteiger partial charge < -0.3 is 9.64 Å². The van der Waals surface area contributed by atoms with Gasteiger partial charge in [0, 0.05) is 19.3 Å². The second kappa shape index (κ2) is 6.37. The smallest absolute Gasteiger partial charge is 0.409 e. The number of ether oxygens (including phenoxy) is 1. The first-order chi connectivity index (χ1) is 11.1. The fraction of sp³-hybridized carbons (Fsp3) is 0.333. The molecule has 23 heavy (non-hydrogen) atoms. The number of rotatable bonds is 2. The first-order valence-electron chi connectivity index (χ1n) is 7.17. The molecule has 3 rings (SSSR count). The quantitative estimate of drug-likeness (QED) is 0.789. The van der Waals surface area contributed by atoms with E-state index in [1.807, 2.05) is 19.1 Å². The zero-order valence-corrected chi connectivity index (χ0v) is 13.6. The van der Waals surface area contributed by atoms with Crippen LogP contribution in [0.1, 0.15) is 17.8 Å². The van der Waals surface area contributed by atoms with Gasteiger partial charge in [-0.1, -0.05) is 22.9 Å². The maximum absolute atomic E-state index is 11.5. The number of carbonyl (C=O) groups is 1. The van der Waals surface area contributed by atoms with Crippen molar-refractivity contribution in [1.82, 2.24) is 24.9 Å². The van der Waals surface area contributed by atoms with Crippen LogP contribution in [-0.4, -0.2) is 51.2 Å². The fourth-order valence-electron chi connectivity index (χ4n) is 2.57. The monoisotopic (exact) mass is 333 g/mol. The Hall–Kier alpha value is -2.41. The van der Waals surface area contributed by atoms with Gasteiger partial charge in [0.1, 0.15) is 11.4 Å². The molecule has 1 aliphatic heterocycles. The molecule has 120 valence electrons. The molecule has 0 radical (unpaired) electrons. The van der Waals surface area contributed by atoms with E-state index in [9.17, 15) is 4.79 Å². The van der Waals surface area contributed by atoms with E-state index in [0.29, 0.717) is 30.4 Å². The highest BCUT2D eigenvalue weighted by Crippen LogP contribution is 2.26. The number of pyridine rings is 1. The van der Waals surface area contributed by atoms with E-state index >= 15 is 0 Å². The average molecular weight is 334 g/mol. The van der Waals surface area contributed by atoms with Crippen molar-refractivity contribution in [2.24, 2.45) is 0 Å². The molecule has 0 spiro atoms. The Balaban J connectivity index is 1.88. The summed E-state index contributed by atoms with van der Waals surface area (Å²) in [7, 11) is 1.38. The number of nitrogens with zero attached hydrogens (tertiary/aromatic N) is 5. The minimum atomic E-state index is -0.317. The van der Waals surface area contributed by atoms with Gasteiger partial charge in [-0.05, 0) is 31.1 Å². The summed E-state index contributed by atoms with van der Waals surface area (Å²) < 4.78 is 6.41. The molecular formula is C15H16ClN5O2. The molecule has 0 N–H and O–H groups in total. The molecule has 0 unspecified atom stereocenters. The lowest BCUT2D eigenvalue weighted by molar-refractivity contribution is 0.128. The number of carbonyl (C=O) groups excluding carboxylic acids is 1. The Kier molecular flexibility index (Phi) is 4.29. The van der Waals surface area contributed by atoms with Crippen molar-refractivity contribution < 1.29 is 9.53 Å². The summed E-state index contributed by atoms with van der Waals surface area (Å²) in [6, 6.07) is 3.64. The number of amides is 1. The topological polar surface area (TPSA) is 73.1 Å². The second-order valence-electron chi connectivity index (χ2n) is 5.14. The summed E-state index contributed by atoms with van der Waals surface area (Å²) in [6.07, 6.45) is 3.99. The third-order valence-electron chi connectivity index (χ3n) is 3.81. The van der Waals surface area contributed by atoms with E-state index in [0.717, 1.165) is 17.0 Å². The largest absolute Gasteiger partial charge is 0.453 e. The zero-order valence-electron chi connectivity index (χ0n) is 12.9. The molecule has 0 fully saturated rings. The summed E-state index contributed by atoms with van der Waals surface area (Å²) >= 11 is 6.12. The number of hydrogen-bond acceptors (Lipinski definition) is 5. The Morgan fingerprint density at radius 1 is 1.43 bits per heavy atom. The molecule has 0 saturated carbocycles. The number of methoxy groups -OCH3 is 1. The summed E-state index contributed by atoms with van der Waals surface area (Å²) in [4.78, 5) is 17.2. The van der Waals surface area contributed by atoms with Gasteiger partial charge in [-0.3, -0.25) is 0 Å². The zero-order chi connectivity index (χ0) is 16.4.